The third-order valence-corrected chi connectivity index (χ3v) is 4.04. The Bertz CT molecular complexity index is 845. The lowest BCUT2D eigenvalue weighted by atomic mass is 10.2. The summed E-state index contributed by atoms with van der Waals surface area (Å²) in [5.74, 6) is -0.101. The second-order valence-corrected chi connectivity index (χ2v) is 5.76. The molecule has 3 aromatic rings. The van der Waals surface area contributed by atoms with Crippen LogP contribution in [0.3, 0.4) is 0 Å². The Kier molecular flexibility index (Phi) is 5.09. The van der Waals surface area contributed by atoms with Crippen LogP contribution in [0.25, 0.3) is 0 Å². The smallest absolute Gasteiger partial charge is 0.276 e. The Morgan fingerprint density at radius 1 is 1.00 bits per heavy atom. The number of anilines is 3. The summed E-state index contributed by atoms with van der Waals surface area (Å²) >= 11 is 0. The van der Waals surface area contributed by atoms with Gasteiger partial charge in [0.1, 0.15) is 5.69 Å². The van der Waals surface area contributed by atoms with E-state index < -0.39 is 0 Å². The fourth-order valence-corrected chi connectivity index (χ4v) is 2.65. The largest absolute Gasteiger partial charge is 0.354 e. The second kappa shape index (κ2) is 7.62. The number of carbonyl (C=O) groups is 1. The van der Waals surface area contributed by atoms with Crippen molar-refractivity contribution in [2.24, 2.45) is 0 Å². The van der Waals surface area contributed by atoms with E-state index in [4.69, 9.17) is 0 Å². The van der Waals surface area contributed by atoms with Gasteiger partial charge in [-0.3, -0.25) is 4.79 Å². The number of para-hydroxylation sites is 2. The third kappa shape index (κ3) is 3.86. The Morgan fingerprint density at radius 3 is 2.36 bits per heavy atom. The molecular formula is C21H21N3O. The van der Waals surface area contributed by atoms with Gasteiger partial charge in [0.25, 0.3) is 5.91 Å². The maximum Gasteiger partial charge on any atom is 0.276 e. The summed E-state index contributed by atoms with van der Waals surface area (Å²) in [6, 6.07) is 21.3. The van der Waals surface area contributed by atoms with Gasteiger partial charge >= 0.3 is 0 Å². The average Bonchev–Trinajstić information content (AvgIpc) is 2.66. The van der Waals surface area contributed by atoms with Crippen LogP contribution in [0.4, 0.5) is 17.1 Å². The van der Waals surface area contributed by atoms with Crippen LogP contribution >= 0.6 is 0 Å². The van der Waals surface area contributed by atoms with Gasteiger partial charge in [-0.1, -0.05) is 36.4 Å². The number of amides is 1. The van der Waals surface area contributed by atoms with Crippen LogP contribution in [0.5, 0.6) is 0 Å². The van der Waals surface area contributed by atoms with E-state index in [1.807, 2.05) is 74.5 Å². The first kappa shape index (κ1) is 16.7. The zero-order valence-electron chi connectivity index (χ0n) is 14.4. The molecule has 1 N–H and O–H groups in total. The molecule has 0 saturated carbocycles. The molecule has 4 nitrogen and oxygen atoms in total. The van der Waals surface area contributed by atoms with Crippen LogP contribution in [-0.2, 0) is 0 Å². The highest BCUT2D eigenvalue weighted by Crippen LogP contribution is 2.20. The summed E-state index contributed by atoms with van der Waals surface area (Å²) in [5, 5.41) is 3.33. The average molecular weight is 331 g/mol. The Labute approximate surface area is 148 Å². The molecule has 0 atom stereocenters. The van der Waals surface area contributed by atoms with Crippen molar-refractivity contribution in [1.82, 2.24) is 4.98 Å². The van der Waals surface area contributed by atoms with Crippen molar-refractivity contribution >= 4 is 23.0 Å². The van der Waals surface area contributed by atoms with E-state index in [9.17, 15) is 4.79 Å². The molecule has 0 radical (unpaired) electrons. The van der Waals surface area contributed by atoms with Gasteiger partial charge in [0.2, 0.25) is 0 Å². The minimum atomic E-state index is -0.101. The van der Waals surface area contributed by atoms with Crippen LogP contribution in [0.2, 0.25) is 0 Å². The molecule has 0 spiro atoms. The Balaban J connectivity index is 1.77. The van der Waals surface area contributed by atoms with Crippen LogP contribution in [0.1, 0.15) is 23.0 Å². The van der Waals surface area contributed by atoms with E-state index in [0.717, 1.165) is 22.6 Å². The maximum atomic E-state index is 12.7. The van der Waals surface area contributed by atoms with E-state index in [1.165, 1.54) is 0 Å². The van der Waals surface area contributed by atoms with E-state index >= 15 is 0 Å². The van der Waals surface area contributed by atoms with Gasteiger partial charge in [0.05, 0.1) is 11.9 Å². The summed E-state index contributed by atoms with van der Waals surface area (Å²) in [6.45, 7) is 4.60. The SMILES string of the molecule is CCN(C(=O)c1ccc(Nc2ccccc2C)cn1)c1ccccc1. The molecule has 0 fully saturated rings. The van der Waals surface area contributed by atoms with E-state index in [-0.39, 0.29) is 5.91 Å². The van der Waals surface area contributed by atoms with E-state index in [1.54, 1.807) is 17.2 Å². The third-order valence-electron chi connectivity index (χ3n) is 4.04. The van der Waals surface area contributed by atoms with Crippen LogP contribution in [0, 0.1) is 6.92 Å². The van der Waals surface area contributed by atoms with Gasteiger partial charge < -0.3 is 10.2 Å². The van der Waals surface area contributed by atoms with Crippen molar-refractivity contribution in [2.45, 2.75) is 13.8 Å². The highest BCUT2D eigenvalue weighted by Gasteiger charge is 2.17. The lowest BCUT2D eigenvalue weighted by Crippen LogP contribution is -2.31. The number of aromatic nitrogens is 1. The van der Waals surface area contributed by atoms with Gasteiger partial charge in [-0.25, -0.2) is 4.98 Å². The number of benzene rings is 2. The normalized spacial score (nSPS) is 10.3. The molecule has 0 saturated heterocycles. The molecule has 1 heterocycles. The number of hydrogen-bond acceptors (Lipinski definition) is 3. The van der Waals surface area contributed by atoms with Crippen LogP contribution < -0.4 is 10.2 Å². The lowest BCUT2D eigenvalue weighted by molar-refractivity contribution is 0.0983. The highest BCUT2D eigenvalue weighted by atomic mass is 16.2. The van der Waals surface area contributed by atoms with Crippen molar-refractivity contribution in [3.05, 3.63) is 84.2 Å². The molecule has 0 aliphatic carbocycles. The van der Waals surface area contributed by atoms with E-state index in [2.05, 4.69) is 10.3 Å². The zero-order chi connectivity index (χ0) is 17.6. The maximum absolute atomic E-state index is 12.7. The zero-order valence-corrected chi connectivity index (χ0v) is 14.4. The molecule has 2 aromatic carbocycles. The van der Waals surface area contributed by atoms with Crippen molar-refractivity contribution in [3.63, 3.8) is 0 Å². The van der Waals surface area contributed by atoms with Crippen molar-refractivity contribution in [1.29, 1.82) is 0 Å². The summed E-state index contributed by atoms with van der Waals surface area (Å²) < 4.78 is 0. The molecule has 0 bridgehead atoms. The van der Waals surface area contributed by atoms with Gasteiger partial charge in [0, 0.05) is 17.9 Å². The molecule has 0 aliphatic heterocycles. The topological polar surface area (TPSA) is 45.2 Å². The molecule has 3 rings (SSSR count). The first-order chi connectivity index (χ1) is 12.2. The number of pyridine rings is 1. The van der Waals surface area contributed by atoms with Gasteiger partial charge in [-0.2, -0.15) is 0 Å². The first-order valence-electron chi connectivity index (χ1n) is 8.34. The molecular weight excluding hydrogens is 310 g/mol. The minimum Gasteiger partial charge on any atom is -0.354 e. The van der Waals surface area contributed by atoms with Gasteiger partial charge in [-0.05, 0) is 49.7 Å². The monoisotopic (exact) mass is 331 g/mol. The summed E-state index contributed by atoms with van der Waals surface area (Å²) in [6.07, 6.45) is 1.69. The quantitative estimate of drug-likeness (QED) is 0.730. The van der Waals surface area contributed by atoms with Gasteiger partial charge in [-0.15, -0.1) is 0 Å². The first-order valence-corrected chi connectivity index (χ1v) is 8.34. The molecule has 126 valence electrons. The minimum absolute atomic E-state index is 0.101. The summed E-state index contributed by atoms with van der Waals surface area (Å²) in [4.78, 5) is 18.8. The predicted molar refractivity (Wildman–Crippen MR) is 102 cm³/mol. The lowest BCUT2D eigenvalue weighted by Gasteiger charge is -2.20. The molecule has 1 amide bonds. The fourth-order valence-electron chi connectivity index (χ4n) is 2.65. The predicted octanol–water partition coefficient (Wildman–Crippen LogP) is 4.80. The van der Waals surface area contributed by atoms with Crippen molar-refractivity contribution < 1.29 is 4.79 Å². The fraction of sp³-hybridized carbons (Fsp3) is 0.143. The highest BCUT2D eigenvalue weighted by molar-refractivity contribution is 6.04. The second-order valence-electron chi connectivity index (χ2n) is 5.76. The molecule has 4 heteroatoms. The van der Waals surface area contributed by atoms with Crippen LogP contribution in [-0.4, -0.2) is 17.4 Å². The standard InChI is InChI=1S/C21H21N3O/c1-3-24(18-10-5-4-6-11-18)21(25)20-14-13-17(15-22-20)23-19-12-8-7-9-16(19)2/h4-15,23H,3H2,1-2H3. The molecule has 25 heavy (non-hydrogen) atoms. The molecule has 0 unspecified atom stereocenters. The van der Waals surface area contributed by atoms with E-state index in [0.29, 0.717) is 12.2 Å². The van der Waals surface area contributed by atoms with Crippen LogP contribution in [0.15, 0.2) is 72.9 Å². The Morgan fingerprint density at radius 2 is 1.72 bits per heavy atom. The molecule has 1 aromatic heterocycles. The van der Waals surface area contributed by atoms with Crippen molar-refractivity contribution in [3.8, 4) is 0 Å². The number of hydrogen-bond donors (Lipinski definition) is 1. The number of nitrogens with one attached hydrogen (secondary N) is 1. The Hall–Kier alpha value is -3.14. The summed E-state index contributed by atoms with van der Waals surface area (Å²) in [7, 11) is 0. The number of carbonyl (C=O) groups excluding carboxylic acids is 1. The van der Waals surface area contributed by atoms with Gasteiger partial charge in [0.15, 0.2) is 0 Å². The number of nitrogens with zero attached hydrogens (tertiary/aromatic N) is 2. The number of rotatable bonds is 5. The molecule has 0 aliphatic rings. The number of aryl methyl sites for hydroxylation is 1. The summed E-state index contributed by atoms with van der Waals surface area (Å²) in [5.41, 5.74) is 4.35. The van der Waals surface area contributed by atoms with Crippen molar-refractivity contribution in [2.75, 3.05) is 16.8 Å².